The molecule has 0 fully saturated rings. The van der Waals surface area contributed by atoms with Gasteiger partial charge in [0, 0.05) is 6.07 Å². The highest BCUT2D eigenvalue weighted by Crippen LogP contribution is 2.34. The smallest absolute Gasteiger partial charge is 0.345 e. The van der Waals surface area contributed by atoms with Crippen molar-refractivity contribution in [2.24, 2.45) is 0 Å². The van der Waals surface area contributed by atoms with Crippen LogP contribution in [-0.4, -0.2) is 25.1 Å². The molecule has 23 heavy (non-hydrogen) atoms. The van der Waals surface area contributed by atoms with Gasteiger partial charge in [-0.05, 0) is 5.56 Å². The van der Waals surface area contributed by atoms with Gasteiger partial charge < -0.3 is 14.2 Å². The molecule has 120 valence electrons. The molecule has 7 nitrogen and oxygen atoms in total. The fourth-order valence-electron chi connectivity index (χ4n) is 1.98. The third-order valence-electron chi connectivity index (χ3n) is 3.13. The molecule has 2 aromatic rings. The summed E-state index contributed by atoms with van der Waals surface area (Å²) in [4.78, 5) is 22.7. The van der Waals surface area contributed by atoms with Crippen molar-refractivity contribution >= 4 is 11.7 Å². The molecule has 0 radical (unpaired) electrons. The number of carbonyl (C=O) groups excluding carboxylic acids is 1. The summed E-state index contributed by atoms with van der Waals surface area (Å²) in [6, 6.07) is 11.4. The lowest BCUT2D eigenvalue weighted by Crippen LogP contribution is -2.09. The van der Waals surface area contributed by atoms with E-state index in [9.17, 15) is 14.9 Å². The second kappa shape index (κ2) is 7.26. The summed E-state index contributed by atoms with van der Waals surface area (Å²) in [5.41, 5.74) is 0.188. The first-order chi connectivity index (χ1) is 11.1. The van der Waals surface area contributed by atoms with Crippen molar-refractivity contribution in [3.63, 3.8) is 0 Å². The maximum atomic E-state index is 12.2. The normalized spacial score (nSPS) is 10.0. The molecule has 0 saturated carbocycles. The van der Waals surface area contributed by atoms with Crippen LogP contribution in [0.1, 0.15) is 15.9 Å². The summed E-state index contributed by atoms with van der Waals surface area (Å²) < 4.78 is 15.2. The van der Waals surface area contributed by atoms with Crippen LogP contribution in [0.25, 0.3) is 0 Å². The van der Waals surface area contributed by atoms with Gasteiger partial charge in [-0.3, -0.25) is 10.1 Å². The van der Waals surface area contributed by atoms with Crippen molar-refractivity contribution in [3.05, 3.63) is 63.7 Å². The van der Waals surface area contributed by atoms with E-state index in [0.29, 0.717) is 0 Å². The molecule has 7 heteroatoms. The van der Waals surface area contributed by atoms with E-state index < -0.39 is 16.6 Å². The quantitative estimate of drug-likeness (QED) is 0.462. The van der Waals surface area contributed by atoms with Crippen LogP contribution < -0.4 is 9.47 Å². The molecular formula is C16H15NO6. The average molecular weight is 317 g/mol. The van der Waals surface area contributed by atoms with Crippen molar-refractivity contribution < 1.29 is 23.9 Å². The predicted molar refractivity (Wildman–Crippen MR) is 81.8 cm³/mol. The largest absolute Gasteiger partial charge is 0.493 e. The van der Waals surface area contributed by atoms with Gasteiger partial charge in [-0.1, -0.05) is 30.3 Å². The van der Waals surface area contributed by atoms with Crippen LogP contribution in [0.3, 0.4) is 0 Å². The molecule has 0 spiro atoms. The number of carbonyl (C=O) groups is 1. The first kappa shape index (κ1) is 16.3. The van der Waals surface area contributed by atoms with Crippen molar-refractivity contribution in [1.29, 1.82) is 0 Å². The summed E-state index contributed by atoms with van der Waals surface area (Å²) in [7, 11) is 2.73. The molecule has 2 aromatic carbocycles. The molecular weight excluding hydrogens is 302 g/mol. The van der Waals surface area contributed by atoms with E-state index in [2.05, 4.69) is 0 Å². The van der Waals surface area contributed by atoms with Crippen molar-refractivity contribution in [3.8, 4) is 11.5 Å². The van der Waals surface area contributed by atoms with E-state index in [4.69, 9.17) is 14.2 Å². The number of nitro groups is 1. The number of ether oxygens (including phenoxy) is 3. The third-order valence-corrected chi connectivity index (χ3v) is 3.13. The summed E-state index contributed by atoms with van der Waals surface area (Å²) >= 11 is 0. The summed E-state index contributed by atoms with van der Waals surface area (Å²) in [6.45, 7) is 0.0190. The Morgan fingerprint density at radius 1 is 1.09 bits per heavy atom. The fourth-order valence-corrected chi connectivity index (χ4v) is 1.98. The molecule has 0 bridgehead atoms. The van der Waals surface area contributed by atoms with Gasteiger partial charge in [0.15, 0.2) is 11.5 Å². The van der Waals surface area contributed by atoms with Gasteiger partial charge in [0.1, 0.15) is 12.2 Å². The van der Waals surface area contributed by atoms with E-state index in [1.807, 2.05) is 18.2 Å². The molecule has 0 aliphatic carbocycles. The Bertz CT molecular complexity index is 714. The number of nitrogens with zero attached hydrogens (tertiary/aromatic N) is 1. The Morgan fingerprint density at radius 2 is 1.70 bits per heavy atom. The van der Waals surface area contributed by atoms with Crippen LogP contribution in [0.4, 0.5) is 5.69 Å². The monoisotopic (exact) mass is 317 g/mol. The fraction of sp³-hybridized carbons (Fsp3) is 0.188. The molecule has 0 atom stereocenters. The Morgan fingerprint density at radius 3 is 2.26 bits per heavy atom. The minimum Gasteiger partial charge on any atom is -0.493 e. The van der Waals surface area contributed by atoms with E-state index in [1.165, 1.54) is 20.3 Å². The maximum Gasteiger partial charge on any atom is 0.345 e. The van der Waals surface area contributed by atoms with Gasteiger partial charge in [0.25, 0.3) is 5.69 Å². The number of rotatable bonds is 6. The van der Waals surface area contributed by atoms with E-state index >= 15 is 0 Å². The van der Waals surface area contributed by atoms with Crippen LogP contribution >= 0.6 is 0 Å². The minimum atomic E-state index is -0.804. The number of nitro benzene ring substituents is 1. The molecule has 0 aliphatic heterocycles. The van der Waals surface area contributed by atoms with E-state index in [0.717, 1.165) is 11.6 Å². The van der Waals surface area contributed by atoms with Crippen LogP contribution in [0.5, 0.6) is 11.5 Å². The number of benzene rings is 2. The zero-order chi connectivity index (χ0) is 16.8. The summed E-state index contributed by atoms with van der Waals surface area (Å²) in [5.74, 6) is -0.426. The Labute approximate surface area is 132 Å². The van der Waals surface area contributed by atoms with Gasteiger partial charge in [0.05, 0.1) is 25.2 Å². The third kappa shape index (κ3) is 3.76. The Kier molecular flexibility index (Phi) is 5.14. The second-order valence-electron chi connectivity index (χ2n) is 4.54. The zero-order valence-electron chi connectivity index (χ0n) is 12.6. The molecule has 2 rings (SSSR count). The van der Waals surface area contributed by atoms with Gasteiger partial charge >= 0.3 is 5.97 Å². The van der Waals surface area contributed by atoms with Crippen LogP contribution in [0.2, 0.25) is 0 Å². The van der Waals surface area contributed by atoms with Crippen LogP contribution in [-0.2, 0) is 11.3 Å². The number of hydrogen-bond donors (Lipinski definition) is 0. The molecule has 0 unspecified atom stereocenters. The SMILES string of the molecule is COc1cc(C(=O)OCc2ccccc2)c([N+](=O)[O-])cc1OC. The molecule has 0 saturated heterocycles. The van der Waals surface area contributed by atoms with Gasteiger partial charge in [-0.15, -0.1) is 0 Å². The predicted octanol–water partition coefficient (Wildman–Crippen LogP) is 2.97. The Hall–Kier alpha value is -3.09. The summed E-state index contributed by atoms with van der Waals surface area (Å²) in [6.07, 6.45) is 0. The number of methoxy groups -OCH3 is 2. The topological polar surface area (TPSA) is 87.9 Å². The Balaban J connectivity index is 2.29. The molecule has 0 heterocycles. The highest BCUT2D eigenvalue weighted by Gasteiger charge is 2.25. The van der Waals surface area contributed by atoms with E-state index in [1.54, 1.807) is 12.1 Å². The number of esters is 1. The maximum absolute atomic E-state index is 12.2. The molecule has 0 amide bonds. The highest BCUT2D eigenvalue weighted by molar-refractivity contribution is 5.95. The molecule has 0 aliphatic rings. The lowest BCUT2D eigenvalue weighted by Gasteiger charge is -2.10. The first-order valence-electron chi connectivity index (χ1n) is 6.68. The van der Waals surface area contributed by atoms with Crippen LogP contribution in [0, 0.1) is 10.1 Å². The van der Waals surface area contributed by atoms with Gasteiger partial charge in [-0.2, -0.15) is 0 Å². The molecule has 0 N–H and O–H groups in total. The second-order valence-corrected chi connectivity index (χ2v) is 4.54. The lowest BCUT2D eigenvalue weighted by atomic mass is 10.1. The standard InChI is InChI=1S/C16H15NO6/c1-21-14-8-12(13(17(19)20)9-15(14)22-2)16(18)23-10-11-6-4-3-5-7-11/h3-9H,10H2,1-2H3. The van der Waals surface area contributed by atoms with Crippen molar-refractivity contribution in [2.45, 2.75) is 6.61 Å². The number of hydrogen-bond acceptors (Lipinski definition) is 6. The van der Waals surface area contributed by atoms with Gasteiger partial charge in [0.2, 0.25) is 0 Å². The highest BCUT2D eigenvalue weighted by atomic mass is 16.6. The zero-order valence-corrected chi connectivity index (χ0v) is 12.6. The average Bonchev–Trinajstić information content (AvgIpc) is 2.59. The van der Waals surface area contributed by atoms with Crippen molar-refractivity contribution in [1.82, 2.24) is 0 Å². The minimum absolute atomic E-state index is 0.0190. The van der Waals surface area contributed by atoms with E-state index in [-0.39, 0.29) is 23.7 Å². The summed E-state index contributed by atoms with van der Waals surface area (Å²) in [5, 5.41) is 11.2. The van der Waals surface area contributed by atoms with Gasteiger partial charge in [-0.25, -0.2) is 4.79 Å². The molecule has 0 aromatic heterocycles. The van der Waals surface area contributed by atoms with Crippen LogP contribution in [0.15, 0.2) is 42.5 Å². The van der Waals surface area contributed by atoms with Crippen molar-refractivity contribution in [2.75, 3.05) is 14.2 Å². The lowest BCUT2D eigenvalue weighted by molar-refractivity contribution is -0.385. The first-order valence-corrected chi connectivity index (χ1v) is 6.68.